The minimum Gasteiger partial charge on any atom is -0.375 e. The molecule has 64 valence electrons. The summed E-state index contributed by atoms with van der Waals surface area (Å²) in [5, 5.41) is 0. The summed E-state index contributed by atoms with van der Waals surface area (Å²) in [4.78, 5) is 2.19. The lowest BCUT2D eigenvalue weighted by Gasteiger charge is -2.19. The van der Waals surface area contributed by atoms with Crippen LogP contribution < -0.4 is 0 Å². The molecule has 0 rings (SSSR count). The van der Waals surface area contributed by atoms with Crippen LogP contribution in [0.15, 0.2) is 24.4 Å². The van der Waals surface area contributed by atoms with E-state index >= 15 is 0 Å². The predicted molar refractivity (Wildman–Crippen MR) is 51.5 cm³/mol. The zero-order chi connectivity index (χ0) is 8.69. The van der Waals surface area contributed by atoms with Crippen molar-refractivity contribution in [1.29, 1.82) is 0 Å². The molecule has 1 atom stereocenters. The Balaban J connectivity index is 3.81. The summed E-state index contributed by atoms with van der Waals surface area (Å²) in [6.45, 7) is 6.37. The van der Waals surface area contributed by atoms with Crippen LogP contribution in [0.3, 0.4) is 0 Å². The molecule has 0 aromatic heterocycles. The van der Waals surface area contributed by atoms with Crippen molar-refractivity contribution in [3.63, 3.8) is 0 Å². The fraction of sp³-hybridized carbons (Fsp3) is 0.600. The van der Waals surface area contributed by atoms with Gasteiger partial charge in [-0.3, -0.25) is 0 Å². The molecular weight excluding hydrogens is 134 g/mol. The third kappa shape index (κ3) is 4.65. The summed E-state index contributed by atoms with van der Waals surface area (Å²) in [5.74, 6) is 0. The van der Waals surface area contributed by atoms with E-state index in [0.29, 0.717) is 6.04 Å². The SMILES string of the molecule is CC=CN(C)C(C)C=CCC. The Morgan fingerprint density at radius 1 is 1.45 bits per heavy atom. The summed E-state index contributed by atoms with van der Waals surface area (Å²) >= 11 is 0. The molecule has 0 bridgehead atoms. The van der Waals surface area contributed by atoms with Crippen molar-refractivity contribution in [2.75, 3.05) is 7.05 Å². The largest absolute Gasteiger partial charge is 0.375 e. The van der Waals surface area contributed by atoms with Crippen molar-refractivity contribution >= 4 is 0 Å². The molecule has 0 saturated heterocycles. The van der Waals surface area contributed by atoms with E-state index in [1.54, 1.807) is 0 Å². The van der Waals surface area contributed by atoms with Crippen LogP contribution in [0.2, 0.25) is 0 Å². The van der Waals surface area contributed by atoms with Gasteiger partial charge in [-0.2, -0.15) is 0 Å². The lowest BCUT2D eigenvalue weighted by molar-refractivity contribution is 0.407. The Morgan fingerprint density at radius 3 is 2.55 bits per heavy atom. The van der Waals surface area contributed by atoms with Gasteiger partial charge < -0.3 is 4.90 Å². The second kappa shape index (κ2) is 6.02. The van der Waals surface area contributed by atoms with Gasteiger partial charge in [-0.1, -0.05) is 25.2 Å². The molecule has 11 heavy (non-hydrogen) atoms. The molecule has 0 N–H and O–H groups in total. The van der Waals surface area contributed by atoms with Crippen LogP contribution >= 0.6 is 0 Å². The van der Waals surface area contributed by atoms with Crippen molar-refractivity contribution in [3.8, 4) is 0 Å². The van der Waals surface area contributed by atoms with Gasteiger partial charge in [0.1, 0.15) is 0 Å². The average Bonchev–Trinajstić information content (AvgIpc) is 2.00. The maximum Gasteiger partial charge on any atom is 0.0435 e. The highest BCUT2D eigenvalue weighted by Crippen LogP contribution is 1.98. The average molecular weight is 153 g/mol. The molecule has 0 fully saturated rings. The highest BCUT2D eigenvalue weighted by Gasteiger charge is 1.97. The lowest BCUT2D eigenvalue weighted by Crippen LogP contribution is -2.20. The van der Waals surface area contributed by atoms with Crippen LogP contribution in [0.25, 0.3) is 0 Å². The quantitative estimate of drug-likeness (QED) is 0.561. The zero-order valence-electron chi connectivity index (χ0n) is 8.04. The normalized spacial score (nSPS) is 14.5. The van der Waals surface area contributed by atoms with Gasteiger partial charge in [-0.05, 0) is 26.5 Å². The van der Waals surface area contributed by atoms with Crippen LogP contribution in [-0.2, 0) is 0 Å². The van der Waals surface area contributed by atoms with E-state index in [1.165, 1.54) is 0 Å². The highest BCUT2D eigenvalue weighted by molar-refractivity contribution is 4.94. The van der Waals surface area contributed by atoms with Gasteiger partial charge in [0.15, 0.2) is 0 Å². The van der Waals surface area contributed by atoms with E-state index in [9.17, 15) is 0 Å². The number of nitrogens with zero attached hydrogens (tertiary/aromatic N) is 1. The van der Waals surface area contributed by atoms with Crippen LogP contribution in [0, 0.1) is 0 Å². The standard InChI is InChI=1S/C10H19N/c1-5-7-8-10(3)11(4)9-6-2/h6-10H,5H2,1-4H3. The van der Waals surface area contributed by atoms with Crippen LogP contribution in [0.1, 0.15) is 27.2 Å². The Hall–Kier alpha value is -0.720. The van der Waals surface area contributed by atoms with Crippen molar-refractivity contribution < 1.29 is 0 Å². The number of hydrogen-bond donors (Lipinski definition) is 0. The number of likely N-dealkylation sites (N-methyl/N-ethyl adjacent to an activating group) is 1. The summed E-state index contributed by atoms with van der Waals surface area (Å²) < 4.78 is 0. The zero-order valence-corrected chi connectivity index (χ0v) is 8.04. The summed E-state index contributed by atoms with van der Waals surface area (Å²) in [6.07, 6.45) is 9.68. The first-order valence-corrected chi connectivity index (χ1v) is 4.23. The van der Waals surface area contributed by atoms with E-state index in [4.69, 9.17) is 0 Å². The van der Waals surface area contributed by atoms with Crippen molar-refractivity contribution in [1.82, 2.24) is 4.90 Å². The van der Waals surface area contributed by atoms with Crippen molar-refractivity contribution in [2.24, 2.45) is 0 Å². The maximum atomic E-state index is 2.22. The van der Waals surface area contributed by atoms with Gasteiger partial charge in [0.05, 0.1) is 0 Å². The Labute approximate surface area is 70.4 Å². The first-order chi connectivity index (χ1) is 5.22. The number of hydrogen-bond acceptors (Lipinski definition) is 1. The second-order valence-corrected chi connectivity index (χ2v) is 2.72. The summed E-state index contributed by atoms with van der Waals surface area (Å²) in [5.41, 5.74) is 0. The minimum absolute atomic E-state index is 0.506. The molecule has 0 radical (unpaired) electrons. The van der Waals surface area contributed by atoms with Gasteiger partial charge in [0.25, 0.3) is 0 Å². The summed E-state index contributed by atoms with van der Waals surface area (Å²) in [7, 11) is 2.09. The monoisotopic (exact) mass is 153 g/mol. The van der Waals surface area contributed by atoms with Crippen LogP contribution in [0.5, 0.6) is 0 Å². The van der Waals surface area contributed by atoms with E-state index in [-0.39, 0.29) is 0 Å². The smallest absolute Gasteiger partial charge is 0.0435 e. The first kappa shape index (κ1) is 10.3. The minimum atomic E-state index is 0.506. The maximum absolute atomic E-state index is 2.22. The fourth-order valence-electron chi connectivity index (χ4n) is 0.840. The molecule has 0 amide bonds. The van der Waals surface area contributed by atoms with Gasteiger partial charge >= 0.3 is 0 Å². The third-order valence-corrected chi connectivity index (χ3v) is 1.68. The fourth-order valence-corrected chi connectivity index (χ4v) is 0.840. The molecule has 0 aliphatic rings. The molecular formula is C10H19N. The number of rotatable bonds is 4. The molecule has 1 heteroatoms. The number of allylic oxidation sites excluding steroid dienone is 2. The molecule has 1 unspecified atom stereocenters. The molecule has 0 saturated carbocycles. The van der Waals surface area contributed by atoms with Crippen molar-refractivity contribution in [3.05, 3.63) is 24.4 Å². The van der Waals surface area contributed by atoms with Gasteiger partial charge in [0.2, 0.25) is 0 Å². The van der Waals surface area contributed by atoms with E-state index in [0.717, 1.165) is 6.42 Å². The Morgan fingerprint density at radius 2 is 2.09 bits per heavy atom. The Bertz CT molecular complexity index is 136. The third-order valence-electron chi connectivity index (χ3n) is 1.68. The summed E-state index contributed by atoms with van der Waals surface area (Å²) in [6, 6.07) is 0.506. The molecule has 1 nitrogen and oxygen atoms in total. The van der Waals surface area contributed by atoms with Gasteiger partial charge in [-0.15, -0.1) is 0 Å². The molecule has 0 aromatic carbocycles. The van der Waals surface area contributed by atoms with E-state index < -0.39 is 0 Å². The first-order valence-electron chi connectivity index (χ1n) is 4.23. The van der Waals surface area contributed by atoms with Gasteiger partial charge in [0, 0.05) is 13.1 Å². The Kier molecular flexibility index (Phi) is 5.63. The highest BCUT2D eigenvalue weighted by atomic mass is 15.1. The van der Waals surface area contributed by atoms with Crippen LogP contribution in [0.4, 0.5) is 0 Å². The topological polar surface area (TPSA) is 3.24 Å². The van der Waals surface area contributed by atoms with Crippen LogP contribution in [-0.4, -0.2) is 18.0 Å². The molecule has 0 aromatic rings. The van der Waals surface area contributed by atoms with Crippen molar-refractivity contribution in [2.45, 2.75) is 33.2 Å². The predicted octanol–water partition coefficient (Wildman–Crippen LogP) is 2.81. The van der Waals surface area contributed by atoms with E-state index in [1.807, 2.05) is 6.92 Å². The molecule has 0 aliphatic carbocycles. The van der Waals surface area contributed by atoms with E-state index in [2.05, 4.69) is 50.2 Å². The molecule has 0 heterocycles. The van der Waals surface area contributed by atoms with Gasteiger partial charge in [-0.25, -0.2) is 0 Å². The molecule has 0 aliphatic heterocycles. The lowest BCUT2D eigenvalue weighted by atomic mass is 10.2. The molecule has 0 spiro atoms. The second-order valence-electron chi connectivity index (χ2n) is 2.72.